The zero-order valence-electron chi connectivity index (χ0n) is 16.6. The molecule has 0 amide bonds. The molecule has 1 aliphatic rings. The van der Waals surface area contributed by atoms with Gasteiger partial charge in [0.2, 0.25) is 0 Å². The van der Waals surface area contributed by atoms with Crippen molar-refractivity contribution in [2.75, 3.05) is 38.7 Å². The topological polar surface area (TPSA) is 73.8 Å². The van der Waals surface area contributed by atoms with E-state index in [4.69, 9.17) is 0 Å². The van der Waals surface area contributed by atoms with Crippen LogP contribution in [0.4, 0.5) is 0 Å². The van der Waals surface area contributed by atoms with E-state index in [1.165, 1.54) is 17.4 Å². The second-order valence-electron chi connectivity index (χ2n) is 7.11. The fourth-order valence-corrected chi connectivity index (χ4v) is 3.93. The number of sulfone groups is 1. The number of hydrogen-bond donors (Lipinski definition) is 2. The average Bonchev–Trinajstić information content (AvgIpc) is 2.61. The van der Waals surface area contributed by atoms with Crippen LogP contribution in [-0.4, -0.2) is 64.0 Å². The standard InChI is InChI=1S/C19H32N4O2S.HI/c1-16(10-14-26(3,24)25)22-19(20-2)21-11-6-12-23-13-9-17-7-4-5-8-18(17)15-23;/h4-5,7-8,16H,6,9-15H2,1-3H3,(H2,20,21,22);1H. The van der Waals surface area contributed by atoms with Gasteiger partial charge < -0.3 is 10.6 Å². The van der Waals surface area contributed by atoms with E-state index in [9.17, 15) is 8.42 Å². The van der Waals surface area contributed by atoms with Gasteiger partial charge >= 0.3 is 0 Å². The van der Waals surface area contributed by atoms with E-state index in [1.54, 1.807) is 7.05 Å². The number of nitrogens with one attached hydrogen (secondary N) is 2. The third-order valence-electron chi connectivity index (χ3n) is 4.68. The minimum atomic E-state index is -2.92. The van der Waals surface area contributed by atoms with Gasteiger partial charge in [-0.2, -0.15) is 0 Å². The van der Waals surface area contributed by atoms with E-state index in [0.717, 1.165) is 45.0 Å². The molecule has 1 aromatic carbocycles. The molecule has 154 valence electrons. The molecule has 6 nitrogen and oxygen atoms in total. The highest BCUT2D eigenvalue weighted by Gasteiger charge is 2.15. The molecule has 0 bridgehead atoms. The van der Waals surface area contributed by atoms with Gasteiger partial charge in [-0.25, -0.2) is 8.42 Å². The largest absolute Gasteiger partial charge is 0.356 e. The zero-order valence-corrected chi connectivity index (χ0v) is 19.7. The normalized spacial score (nSPS) is 16.2. The van der Waals surface area contributed by atoms with Crippen molar-refractivity contribution in [2.45, 2.75) is 38.8 Å². The van der Waals surface area contributed by atoms with E-state index >= 15 is 0 Å². The summed E-state index contributed by atoms with van der Waals surface area (Å²) >= 11 is 0. The summed E-state index contributed by atoms with van der Waals surface area (Å²) in [7, 11) is -1.19. The van der Waals surface area contributed by atoms with Gasteiger partial charge in [0.25, 0.3) is 0 Å². The molecule has 8 heteroatoms. The summed E-state index contributed by atoms with van der Waals surface area (Å²) in [5.41, 5.74) is 2.93. The Morgan fingerprint density at radius 1 is 1.30 bits per heavy atom. The lowest BCUT2D eigenvalue weighted by Crippen LogP contribution is -2.43. The van der Waals surface area contributed by atoms with E-state index in [-0.39, 0.29) is 35.8 Å². The molecule has 1 aromatic rings. The second kappa shape index (κ2) is 11.9. The highest BCUT2D eigenvalue weighted by molar-refractivity contribution is 14.0. The molecule has 0 spiro atoms. The number of rotatable bonds is 8. The average molecular weight is 508 g/mol. The van der Waals surface area contributed by atoms with Crippen molar-refractivity contribution in [1.82, 2.24) is 15.5 Å². The highest BCUT2D eigenvalue weighted by atomic mass is 127. The number of nitrogens with zero attached hydrogens (tertiary/aromatic N) is 2. The van der Waals surface area contributed by atoms with E-state index in [0.29, 0.717) is 6.42 Å². The van der Waals surface area contributed by atoms with Crippen molar-refractivity contribution >= 4 is 39.8 Å². The number of hydrogen-bond acceptors (Lipinski definition) is 4. The lowest BCUT2D eigenvalue weighted by Gasteiger charge is -2.28. The Morgan fingerprint density at radius 2 is 2.00 bits per heavy atom. The van der Waals surface area contributed by atoms with E-state index in [2.05, 4.69) is 44.8 Å². The van der Waals surface area contributed by atoms with Gasteiger partial charge in [0, 0.05) is 45.5 Å². The summed E-state index contributed by atoms with van der Waals surface area (Å²) in [6, 6.07) is 8.76. The summed E-state index contributed by atoms with van der Waals surface area (Å²) in [4.78, 5) is 6.71. The first kappa shape index (κ1) is 24.2. The van der Waals surface area contributed by atoms with Crippen LogP contribution in [0.5, 0.6) is 0 Å². The van der Waals surface area contributed by atoms with Crippen LogP contribution in [0.1, 0.15) is 30.9 Å². The van der Waals surface area contributed by atoms with Crippen LogP contribution in [0, 0.1) is 0 Å². The van der Waals surface area contributed by atoms with E-state index in [1.807, 2.05) is 6.92 Å². The first-order chi connectivity index (χ1) is 12.4. The lowest BCUT2D eigenvalue weighted by atomic mass is 10.00. The second-order valence-corrected chi connectivity index (χ2v) is 9.37. The summed E-state index contributed by atoms with van der Waals surface area (Å²) in [5, 5.41) is 6.57. The van der Waals surface area contributed by atoms with Gasteiger partial charge in [0.1, 0.15) is 9.84 Å². The Hall–Kier alpha value is -0.870. The van der Waals surface area contributed by atoms with Crippen LogP contribution in [0.3, 0.4) is 0 Å². The minimum Gasteiger partial charge on any atom is -0.356 e. The van der Waals surface area contributed by atoms with Gasteiger partial charge in [0.05, 0.1) is 5.75 Å². The van der Waals surface area contributed by atoms with E-state index < -0.39 is 9.84 Å². The molecular formula is C19H33IN4O2S. The first-order valence-corrected chi connectivity index (χ1v) is 11.4. The summed E-state index contributed by atoms with van der Waals surface area (Å²) in [6.07, 6.45) is 4.02. The molecule has 1 unspecified atom stereocenters. The fourth-order valence-electron chi connectivity index (χ4n) is 3.15. The van der Waals surface area contributed by atoms with Crippen LogP contribution in [-0.2, 0) is 22.8 Å². The third kappa shape index (κ3) is 9.25. The molecule has 2 N–H and O–H groups in total. The maximum atomic E-state index is 11.3. The van der Waals surface area contributed by atoms with Crippen molar-refractivity contribution in [1.29, 1.82) is 0 Å². The van der Waals surface area contributed by atoms with Gasteiger partial charge in [-0.05, 0) is 37.3 Å². The van der Waals surface area contributed by atoms with Gasteiger partial charge in [-0.15, -0.1) is 24.0 Å². The SMILES string of the molecule is CN=C(NCCCN1CCc2ccccc2C1)NC(C)CCS(C)(=O)=O.I. The highest BCUT2D eigenvalue weighted by Crippen LogP contribution is 2.18. The number of halogens is 1. The molecule has 1 atom stereocenters. The molecule has 1 heterocycles. The summed E-state index contributed by atoms with van der Waals surface area (Å²) in [5.74, 6) is 0.921. The zero-order chi connectivity index (χ0) is 19.0. The Bertz CT molecular complexity index is 709. The number of fused-ring (bicyclic) bond motifs is 1. The van der Waals surface area contributed by atoms with Crippen LogP contribution >= 0.6 is 24.0 Å². The summed E-state index contributed by atoms with van der Waals surface area (Å²) in [6.45, 7) is 6.03. The number of benzene rings is 1. The number of guanidine groups is 1. The Balaban J connectivity index is 0.00000364. The van der Waals surface area contributed by atoms with Crippen molar-refractivity contribution in [3.8, 4) is 0 Å². The van der Waals surface area contributed by atoms with Crippen molar-refractivity contribution in [3.63, 3.8) is 0 Å². The van der Waals surface area contributed by atoms with Gasteiger partial charge in [-0.1, -0.05) is 24.3 Å². The van der Waals surface area contributed by atoms with Crippen molar-refractivity contribution in [2.24, 2.45) is 4.99 Å². The minimum absolute atomic E-state index is 0. The van der Waals surface area contributed by atoms with Gasteiger partial charge in [0.15, 0.2) is 5.96 Å². The lowest BCUT2D eigenvalue weighted by molar-refractivity contribution is 0.251. The maximum Gasteiger partial charge on any atom is 0.191 e. The smallest absolute Gasteiger partial charge is 0.191 e. The fraction of sp³-hybridized carbons (Fsp3) is 0.632. The van der Waals surface area contributed by atoms with Gasteiger partial charge in [-0.3, -0.25) is 9.89 Å². The molecule has 0 aromatic heterocycles. The number of aliphatic imine (C=N–C) groups is 1. The predicted octanol–water partition coefficient (Wildman–Crippen LogP) is 2.04. The third-order valence-corrected chi connectivity index (χ3v) is 5.66. The first-order valence-electron chi connectivity index (χ1n) is 9.31. The van der Waals surface area contributed by atoms with Crippen LogP contribution in [0.25, 0.3) is 0 Å². The Morgan fingerprint density at radius 3 is 2.67 bits per heavy atom. The molecule has 0 saturated carbocycles. The van der Waals surface area contributed by atoms with Crippen LogP contribution in [0.2, 0.25) is 0 Å². The van der Waals surface area contributed by atoms with Crippen LogP contribution < -0.4 is 10.6 Å². The molecular weight excluding hydrogens is 475 g/mol. The predicted molar refractivity (Wildman–Crippen MR) is 124 cm³/mol. The molecule has 0 aliphatic carbocycles. The van der Waals surface area contributed by atoms with Crippen LogP contribution in [0.15, 0.2) is 29.3 Å². The molecule has 27 heavy (non-hydrogen) atoms. The Labute approximate surface area is 181 Å². The quantitative estimate of drug-likeness (QED) is 0.244. The molecule has 2 rings (SSSR count). The molecule has 0 saturated heterocycles. The maximum absolute atomic E-state index is 11.3. The molecule has 0 radical (unpaired) electrons. The molecule has 0 fully saturated rings. The Kier molecular flexibility index (Phi) is 10.6. The monoisotopic (exact) mass is 508 g/mol. The molecule has 1 aliphatic heterocycles. The van der Waals surface area contributed by atoms with Crippen molar-refractivity contribution < 1.29 is 8.42 Å². The van der Waals surface area contributed by atoms with Crippen molar-refractivity contribution in [3.05, 3.63) is 35.4 Å². The summed E-state index contributed by atoms with van der Waals surface area (Å²) < 4.78 is 22.5.